The standard InChI is InChI=1S/C38H76N.C2H4O2/c1-5-7-9-11-13-15-17-19-21-23-25-27-29-31-33-35-37-39(3,4)38-36-34-32-30-28-26-24-22-20-18-16-14-12-10-8-6-2;1-2(3)4/h35-38H,5-34H2,1-4H3;1H3,(H,3,4)/q+1;/p-1. The molecule has 0 aliphatic heterocycles. The largest absolute Gasteiger partial charge is 0.550 e. The number of carbonyl (C=O) groups is 1. The van der Waals surface area contributed by atoms with Gasteiger partial charge in [-0.1, -0.05) is 181 Å². The van der Waals surface area contributed by atoms with Crippen molar-refractivity contribution in [2.45, 2.75) is 213 Å². The van der Waals surface area contributed by atoms with Crippen LogP contribution in [0.15, 0.2) is 24.6 Å². The van der Waals surface area contributed by atoms with Gasteiger partial charge in [-0.2, -0.15) is 0 Å². The highest BCUT2D eigenvalue weighted by molar-refractivity contribution is 5.60. The monoisotopic (exact) mass is 606 g/mol. The molecule has 0 aromatic carbocycles. The molecule has 0 aliphatic carbocycles. The van der Waals surface area contributed by atoms with Gasteiger partial charge in [0.2, 0.25) is 0 Å². The van der Waals surface area contributed by atoms with Crippen molar-refractivity contribution in [1.82, 2.24) is 0 Å². The van der Waals surface area contributed by atoms with Crippen LogP contribution in [0, 0.1) is 0 Å². The smallest absolute Gasteiger partial charge is 0.0959 e. The second-order valence-electron chi connectivity index (χ2n) is 13.7. The number of unbranched alkanes of at least 4 members (excludes halogenated alkanes) is 28. The highest BCUT2D eigenvalue weighted by Crippen LogP contribution is 2.15. The van der Waals surface area contributed by atoms with Gasteiger partial charge >= 0.3 is 0 Å². The van der Waals surface area contributed by atoms with Crippen LogP contribution < -0.4 is 5.11 Å². The number of hydrogen-bond acceptors (Lipinski definition) is 2. The highest BCUT2D eigenvalue weighted by Gasteiger charge is 2.05. The Kier molecular flexibility index (Phi) is 38.0. The summed E-state index contributed by atoms with van der Waals surface area (Å²) in [6.07, 6.45) is 52.4. The molecule has 256 valence electrons. The molecule has 43 heavy (non-hydrogen) atoms. The molecule has 0 unspecified atom stereocenters. The molecule has 3 heteroatoms. The van der Waals surface area contributed by atoms with E-state index >= 15 is 0 Å². The number of quaternary nitrogens is 1. The molecule has 0 spiro atoms. The average molecular weight is 606 g/mol. The van der Waals surface area contributed by atoms with Crippen molar-refractivity contribution >= 4 is 5.97 Å². The molecule has 0 heterocycles. The lowest BCUT2D eigenvalue weighted by Gasteiger charge is -2.19. The molecular formula is C40H79NO2. The highest BCUT2D eigenvalue weighted by atomic mass is 16.4. The second kappa shape index (κ2) is 37.1. The molecule has 0 rings (SSSR count). The molecule has 0 bridgehead atoms. The van der Waals surface area contributed by atoms with Gasteiger partial charge in [0, 0.05) is 5.97 Å². The maximum absolute atomic E-state index is 8.89. The molecule has 3 nitrogen and oxygen atoms in total. The fourth-order valence-electron chi connectivity index (χ4n) is 5.66. The summed E-state index contributed by atoms with van der Waals surface area (Å²) in [4.78, 5) is 8.89. The normalized spacial score (nSPS) is 11.8. The summed E-state index contributed by atoms with van der Waals surface area (Å²) in [7, 11) is 4.59. The quantitative estimate of drug-likeness (QED) is 0.0565. The predicted octanol–water partition coefficient (Wildman–Crippen LogP) is 12.6. The van der Waals surface area contributed by atoms with Crippen LogP contribution in [-0.4, -0.2) is 24.5 Å². The van der Waals surface area contributed by atoms with E-state index in [1.807, 2.05) is 0 Å². The van der Waals surface area contributed by atoms with E-state index in [1.54, 1.807) is 0 Å². The molecular weight excluding hydrogens is 526 g/mol. The van der Waals surface area contributed by atoms with Crippen molar-refractivity contribution < 1.29 is 14.4 Å². The molecule has 0 N–H and O–H groups in total. The fourth-order valence-corrected chi connectivity index (χ4v) is 5.66. The zero-order chi connectivity index (χ0) is 32.1. The van der Waals surface area contributed by atoms with Gasteiger partial charge in [0.1, 0.15) is 0 Å². The van der Waals surface area contributed by atoms with Crippen LogP contribution in [0.4, 0.5) is 0 Å². The van der Waals surface area contributed by atoms with E-state index in [0.717, 1.165) is 11.4 Å². The van der Waals surface area contributed by atoms with Crippen molar-refractivity contribution in [2.75, 3.05) is 14.1 Å². The number of aliphatic carboxylic acids is 1. The number of hydrogen-bond donors (Lipinski definition) is 0. The molecule has 0 aliphatic rings. The Balaban J connectivity index is 0. The first-order chi connectivity index (χ1) is 20.9. The van der Waals surface area contributed by atoms with Gasteiger partial charge in [0.15, 0.2) is 0 Å². The molecule has 0 saturated heterocycles. The Morgan fingerprint density at radius 1 is 0.442 bits per heavy atom. The predicted molar refractivity (Wildman–Crippen MR) is 191 cm³/mol. The Hall–Kier alpha value is -1.09. The van der Waals surface area contributed by atoms with Gasteiger partial charge in [-0.15, -0.1) is 0 Å². The van der Waals surface area contributed by atoms with Crippen LogP contribution in [0.5, 0.6) is 0 Å². The lowest BCUT2D eigenvalue weighted by molar-refractivity contribution is -0.784. The van der Waals surface area contributed by atoms with Crippen LogP contribution in [-0.2, 0) is 4.79 Å². The lowest BCUT2D eigenvalue weighted by atomic mass is 10.0. The summed E-state index contributed by atoms with van der Waals surface area (Å²) in [5, 5.41) is 8.89. The Morgan fingerprint density at radius 2 is 0.628 bits per heavy atom. The molecule has 0 amide bonds. The van der Waals surface area contributed by atoms with E-state index in [1.165, 1.54) is 193 Å². The summed E-state index contributed by atoms with van der Waals surface area (Å²) < 4.78 is 0.886. The Labute approximate surface area is 272 Å². The van der Waals surface area contributed by atoms with Gasteiger partial charge in [-0.3, -0.25) is 4.48 Å². The summed E-state index contributed by atoms with van der Waals surface area (Å²) in [6, 6.07) is 0. The van der Waals surface area contributed by atoms with Crippen molar-refractivity contribution in [3.63, 3.8) is 0 Å². The van der Waals surface area contributed by atoms with Crippen molar-refractivity contribution in [1.29, 1.82) is 0 Å². The average Bonchev–Trinajstić information content (AvgIpc) is 2.96. The van der Waals surface area contributed by atoms with Crippen molar-refractivity contribution in [2.24, 2.45) is 0 Å². The molecule has 0 atom stereocenters. The summed E-state index contributed by atoms with van der Waals surface area (Å²) in [5.41, 5.74) is 0. The summed E-state index contributed by atoms with van der Waals surface area (Å²) >= 11 is 0. The first-order valence-corrected chi connectivity index (χ1v) is 19.2. The molecule has 0 fully saturated rings. The first-order valence-electron chi connectivity index (χ1n) is 19.2. The van der Waals surface area contributed by atoms with Gasteiger partial charge in [-0.05, 0) is 44.8 Å². The zero-order valence-electron chi connectivity index (χ0n) is 30.3. The Bertz CT molecular complexity index is 547. The third-order valence-corrected chi connectivity index (χ3v) is 8.43. The molecule has 0 aromatic heterocycles. The van der Waals surface area contributed by atoms with Gasteiger partial charge < -0.3 is 9.90 Å². The van der Waals surface area contributed by atoms with Crippen LogP contribution in [0.3, 0.4) is 0 Å². The minimum Gasteiger partial charge on any atom is -0.550 e. The van der Waals surface area contributed by atoms with E-state index in [4.69, 9.17) is 9.90 Å². The topological polar surface area (TPSA) is 40.1 Å². The van der Waals surface area contributed by atoms with E-state index in [9.17, 15) is 0 Å². The SMILES string of the molecule is CC(=O)[O-].CCCCCCCCCCCCCCCCC=C[N+](C)(C)C=CCCCCCCCCCCCCCCCC. The van der Waals surface area contributed by atoms with Crippen LogP contribution in [0.1, 0.15) is 213 Å². The van der Waals surface area contributed by atoms with Gasteiger partial charge in [-0.25, -0.2) is 0 Å². The van der Waals surface area contributed by atoms with Crippen LogP contribution in [0.2, 0.25) is 0 Å². The second-order valence-corrected chi connectivity index (χ2v) is 13.7. The van der Waals surface area contributed by atoms with Gasteiger partial charge in [0.05, 0.1) is 26.5 Å². The van der Waals surface area contributed by atoms with E-state index in [-0.39, 0.29) is 0 Å². The van der Waals surface area contributed by atoms with Crippen molar-refractivity contribution in [3.05, 3.63) is 24.6 Å². The number of carboxylic acids is 1. The number of carboxylic acid groups (broad SMARTS) is 1. The first kappa shape index (κ1) is 44.0. The molecule has 0 radical (unpaired) electrons. The lowest BCUT2D eigenvalue weighted by Crippen LogP contribution is -2.25. The van der Waals surface area contributed by atoms with Crippen LogP contribution >= 0.6 is 0 Å². The zero-order valence-corrected chi connectivity index (χ0v) is 30.3. The number of nitrogens with zero attached hydrogens (tertiary/aromatic N) is 1. The Morgan fingerprint density at radius 3 is 0.837 bits per heavy atom. The minimum absolute atomic E-state index is 0.886. The third-order valence-electron chi connectivity index (χ3n) is 8.43. The third kappa shape index (κ3) is 45.5. The molecule has 0 aromatic rings. The van der Waals surface area contributed by atoms with Crippen LogP contribution in [0.25, 0.3) is 0 Å². The maximum Gasteiger partial charge on any atom is 0.0959 e. The summed E-state index contributed by atoms with van der Waals surface area (Å²) in [5.74, 6) is -1.08. The van der Waals surface area contributed by atoms with E-state index in [0.29, 0.717) is 0 Å². The maximum atomic E-state index is 8.89. The number of carbonyl (C=O) groups excluding carboxylic acids is 1. The number of rotatable bonds is 32. The molecule has 0 saturated carbocycles. The summed E-state index contributed by atoms with van der Waals surface area (Å²) in [6.45, 7) is 5.58. The van der Waals surface area contributed by atoms with E-state index in [2.05, 4.69) is 52.5 Å². The number of allylic oxidation sites excluding steroid dienone is 2. The van der Waals surface area contributed by atoms with E-state index < -0.39 is 5.97 Å². The van der Waals surface area contributed by atoms with Crippen molar-refractivity contribution in [3.8, 4) is 0 Å². The van der Waals surface area contributed by atoms with Gasteiger partial charge in [0.25, 0.3) is 0 Å². The minimum atomic E-state index is -1.08. The fraction of sp³-hybridized carbons (Fsp3) is 0.875.